The van der Waals surface area contributed by atoms with E-state index in [4.69, 9.17) is 5.21 Å². The predicted molar refractivity (Wildman–Crippen MR) is 92.5 cm³/mol. The van der Waals surface area contributed by atoms with Crippen molar-refractivity contribution in [2.45, 2.75) is 13.5 Å². The van der Waals surface area contributed by atoms with E-state index in [9.17, 15) is 9.18 Å². The maximum Gasteiger partial charge on any atom is 0.268 e. The molecule has 7 heteroatoms. The fourth-order valence-electron chi connectivity index (χ4n) is 2.70. The molecule has 0 fully saturated rings. The Morgan fingerprint density at radius 2 is 2.21 bits per heavy atom. The molecular weight excluding hydrogens is 329 g/mol. The molecule has 3 aromatic rings. The zero-order valence-corrected chi connectivity index (χ0v) is 14.0. The lowest BCUT2D eigenvalue weighted by Crippen LogP contribution is -2.26. The SMILES string of the molecule is Cc1cc2c(s1)c(/C=N/O)c(C(=O)NCc1ccccc1F)n2C. The molecule has 0 bridgehead atoms. The van der Waals surface area contributed by atoms with E-state index in [1.807, 2.05) is 13.0 Å². The van der Waals surface area contributed by atoms with Gasteiger partial charge in [-0.1, -0.05) is 23.4 Å². The number of hydrogen-bond acceptors (Lipinski definition) is 4. The molecule has 0 radical (unpaired) electrons. The van der Waals surface area contributed by atoms with Gasteiger partial charge in [0.2, 0.25) is 0 Å². The molecule has 0 unspecified atom stereocenters. The highest BCUT2D eigenvalue weighted by Crippen LogP contribution is 2.32. The lowest BCUT2D eigenvalue weighted by Gasteiger charge is -2.08. The number of nitrogens with one attached hydrogen (secondary N) is 1. The first-order valence-electron chi connectivity index (χ1n) is 7.30. The molecule has 3 rings (SSSR count). The number of thiophene rings is 1. The van der Waals surface area contributed by atoms with E-state index >= 15 is 0 Å². The molecular formula is C17H16FN3O2S. The summed E-state index contributed by atoms with van der Waals surface area (Å²) < 4.78 is 16.3. The molecule has 2 N–H and O–H groups in total. The third kappa shape index (κ3) is 2.78. The van der Waals surface area contributed by atoms with E-state index in [2.05, 4.69) is 10.5 Å². The molecule has 124 valence electrons. The molecule has 5 nitrogen and oxygen atoms in total. The third-order valence-corrected chi connectivity index (χ3v) is 4.90. The van der Waals surface area contributed by atoms with Gasteiger partial charge in [0.15, 0.2) is 0 Å². The largest absolute Gasteiger partial charge is 0.411 e. The number of aryl methyl sites for hydroxylation is 2. The van der Waals surface area contributed by atoms with Gasteiger partial charge in [-0.05, 0) is 19.1 Å². The molecule has 0 saturated heterocycles. The van der Waals surface area contributed by atoms with Gasteiger partial charge in [-0.25, -0.2) is 4.39 Å². The van der Waals surface area contributed by atoms with E-state index in [-0.39, 0.29) is 18.3 Å². The van der Waals surface area contributed by atoms with Crippen LogP contribution >= 0.6 is 11.3 Å². The summed E-state index contributed by atoms with van der Waals surface area (Å²) in [6, 6.07) is 8.27. The fraction of sp³-hybridized carbons (Fsp3) is 0.176. The van der Waals surface area contributed by atoms with Gasteiger partial charge in [0.05, 0.1) is 16.4 Å². The van der Waals surface area contributed by atoms with Gasteiger partial charge >= 0.3 is 0 Å². The molecule has 0 atom stereocenters. The van der Waals surface area contributed by atoms with Crippen LogP contribution in [-0.4, -0.2) is 21.9 Å². The Labute approximate surface area is 142 Å². The van der Waals surface area contributed by atoms with Crippen LogP contribution in [0.1, 0.15) is 26.5 Å². The van der Waals surface area contributed by atoms with Crippen molar-refractivity contribution in [3.05, 3.63) is 57.8 Å². The first kappa shape index (κ1) is 16.2. The van der Waals surface area contributed by atoms with Crippen molar-refractivity contribution in [2.75, 3.05) is 0 Å². The highest BCUT2D eigenvalue weighted by atomic mass is 32.1. The summed E-state index contributed by atoms with van der Waals surface area (Å²) in [4.78, 5) is 13.7. The predicted octanol–water partition coefficient (Wildman–Crippen LogP) is 3.43. The van der Waals surface area contributed by atoms with E-state index < -0.39 is 0 Å². The second-order valence-electron chi connectivity index (χ2n) is 5.41. The van der Waals surface area contributed by atoms with Gasteiger partial charge in [-0.3, -0.25) is 4.79 Å². The fourth-order valence-corrected chi connectivity index (χ4v) is 3.76. The summed E-state index contributed by atoms with van der Waals surface area (Å²) in [6.07, 6.45) is 1.26. The quantitative estimate of drug-likeness (QED) is 0.432. The molecule has 0 aliphatic rings. The van der Waals surface area contributed by atoms with Crippen LogP contribution in [0.15, 0.2) is 35.5 Å². The monoisotopic (exact) mass is 345 g/mol. The smallest absolute Gasteiger partial charge is 0.268 e. The van der Waals surface area contributed by atoms with E-state index in [1.54, 1.807) is 29.8 Å². The summed E-state index contributed by atoms with van der Waals surface area (Å²) in [6.45, 7) is 2.06. The average molecular weight is 345 g/mol. The third-order valence-electron chi connectivity index (χ3n) is 3.83. The standard InChI is InChI=1S/C17H16FN3O2S/c1-10-7-14-16(24-10)12(9-20-23)15(21(14)2)17(22)19-8-11-5-3-4-6-13(11)18/h3-7,9,23H,8H2,1-2H3,(H,19,22)/b20-9+. The van der Waals surface area contributed by atoms with E-state index in [1.165, 1.54) is 23.6 Å². The molecule has 1 amide bonds. The Kier molecular flexibility index (Phi) is 4.35. The minimum absolute atomic E-state index is 0.0824. The molecule has 1 aromatic carbocycles. The van der Waals surface area contributed by atoms with Crippen LogP contribution in [0, 0.1) is 12.7 Å². The normalized spacial score (nSPS) is 11.5. The zero-order valence-electron chi connectivity index (χ0n) is 13.2. The number of aromatic nitrogens is 1. The van der Waals surface area contributed by atoms with Gasteiger partial charge in [0, 0.05) is 29.6 Å². The molecule has 0 aliphatic heterocycles. The molecule has 24 heavy (non-hydrogen) atoms. The number of hydrogen-bond donors (Lipinski definition) is 2. The lowest BCUT2D eigenvalue weighted by molar-refractivity contribution is 0.0943. The molecule has 2 heterocycles. The number of rotatable bonds is 4. The number of nitrogens with zero attached hydrogens (tertiary/aromatic N) is 2. The van der Waals surface area contributed by atoms with Crippen molar-refractivity contribution in [1.82, 2.24) is 9.88 Å². The Bertz CT molecular complexity index is 943. The van der Waals surface area contributed by atoms with Crippen LogP contribution in [0.3, 0.4) is 0 Å². The number of fused-ring (bicyclic) bond motifs is 1. The second kappa shape index (κ2) is 6.45. The van der Waals surface area contributed by atoms with Gasteiger partial charge in [-0.2, -0.15) is 0 Å². The van der Waals surface area contributed by atoms with Gasteiger partial charge < -0.3 is 15.1 Å². The van der Waals surface area contributed by atoms with Gasteiger partial charge in [0.25, 0.3) is 5.91 Å². The Morgan fingerprint density at radius 1 is 1.46 bits per heavy atom. The molecule has 0 saturated carbocycles. The Balaban J connectivity index is 1.95. The van der Waals surface area contributed by atoms with Crippen molar-refractivity contribution in [3.63, 3.8) is 0 Å². The molecule has 2 aromatic heterocycles. The number of oxime groups is 1. The number of carbonyl (C=O) groups excluding carboxylic acids is 1. The van der Waals surface area contributed by atoms with Crippen molar-refractivity contribution in [2.24, 2.45) is 12.2 Å². The van der Waals surface area contributed by atoms with Crippen LogP contribution in [0.4, 0.5) is 4.39 Å². The van der Waals surface area contributed by atoms with Crippen LogP contribution in [0.25, 0.3) is 10.2 Å². The van der Waals surface area contributed by atoms with Crippen molar-refractivity contribution in [1.29, 1.82) is 0 Å². The lowest BCUT2D eigenvalue weighted by atomic mass is 10.2. The topological polar surface area (TPSA) is 66.6 Å². The minimum Gasteiger partial charge on any atom is -0.411 e. The van der Waals surface area contributed by atoms with Gasteiger partial charge in [0.1, 0.15) is 11.5 Å². The molecule has 0 aliphatic carbocycles. The Hall–Kier alpha value is -2.67. The number of halogens is 1. The van der Waals surface area contributed by atoms with Crippen LogP contribution in [-0.2, 0) is 13.6 Å². The summed E-state index contributed by atoms with van der Waals surface area (Å²) in [5.41, 5.74) is 2.24. The summed E-state index contributed by atoms with van der Waals surface area (Å²) in [5, 5.41) is 14.7. The van der Waals surface area contributed by atoms with Gasteiger partial charge in [-0.15, -0.1) is 11.3 Å². The van der Waals surface area contributed by atoms with E-state index in [0.29, 0.717) is 16.8 Å². The van der Waals surface area contributed by atoms with Crippen LogP contribution in [0.5, 0.6) is 0 Å². The number of benzene rings is 1. The van der Waals surface area contributed by atoms with Crippen molar-refractivity contribution in [3.8, 4) is 0 Å². The number of carbonyl (C=O) groups is 1. The van der Waals surface area contributed by atoms with Crippen molar-refractivity contribution >= 4 is 33.7 Å². The summed E-state index contributed by atoms with van der Waals surface area (Å²) >= 11 is 1.52. The number of amides is 1. The highest BCUT2D eigenvalue weighted by molar-refractivity contribution is 7.19. The zero-order chi connectivity index (χ0) is 17.3. The maximum absolute atomic E-state index is 13.7. The summed E-state index contributed by atoms with van der Waals surface area (Å²) in [5.74, 6) is -0.713. The van der Waals surface area contributed by atoms with E-state index in [0.717, 1.165) is 15.1 Å². The summed E-state index contributed by atoms with van der Waals surface area (Å²) in [7, 11) is 1.78. The van der Waals surface area contributed by atoms with Crippen LogP contribution < -0.4 is 5.32 Å². The minimum atomic E-state index is -0.363. The highest BCUT2D eigenvalue weighted by Gasteiger charge is 2.22. The second-order valence-corrected chi connectivity index (χ2v) is 6.67. The van der Waals surface area contributed by atoms with Crippen molar-refractivity contribution < 1.29 is 14.4 Å². The van der Waals surface area contributed by atoms with Crippen LogP contribution in [0.2, 0.25) is 0 Å². The molecule has 0 spiro atoms. The first-order chi connectivity index (χ1) is 11.5. The average Bonchev–Trinajstić information content (AvgIpc) is 3.04. The maximum atomic E-state index is 13.7. The first-order valence-corrected chi connectivity index (χ1v) is 8.12. The Morgan fingerprint density at radius 3 is 2.92 bits per heavy atom.